The second-order valence-electron chi connectivity index (χ2n) is 4.65. The Morgan fingerprint density at radius 2 is 2.22 bits per heavy atom. The number of nitrogens with two attached hydrogens (primary N) is 1. The number of amides is 1. The lowest BCUT2D eigenvalue weighted by Gasteiger charge is -2.17. The lowest BCUT2D eigenvalue weighted by Crippen LogP contribution is -2.18. The van der Waals surface area contributed by atoms with Gasteiger partial charge in [-0.1, -0.05) is 42.0 Å². The second kappa shape index (κ2) is 4.33. The highest BCUT2D eigenvalue weighted by Crippen LogP contribution is 2.46. The number of benzene rings is 1. The maximum absolute atomic E-state index is 10.8. The van der Waals surface area contributed by atoms with Crippen LogP contribution in [0.25, 0.3) is 5.57 Å². The molecule has 0 aliphatic heterocycles. The number of fused-ring (bicyclic) bond motifs is 2. The van der Waals surface area contributed by atoms with E-state index in [1.165, 1.54) is 22.3 Å². The number of hydrogen-bond donors (Lipinski definition) is 1. The molecular weight excluding hydrogens is 226 g/mol. The lowest BCUT2D eigenvalue weighted by atomic mass is 9.91. The van der Waals surface area contributed by atoms with Gasteiger partial charge in [-0.05, 0) is 29.5 Å². The summed E-state index contributed by atoms with van der Waals surface area (Å²) in [5, 5.41) is 0. The normalized spacial score (nSPS) is 20.6. The first-order valence-corrected chi connectivity index (χ1v) is 6.18. The van der Waals surface area contributed by atoms with Gasteiger partial charge in [-0.2, -0.15) is 0 Å². The molecule has 1 atom stereocenters. The quantitative estimate of drug-likeness (QED) is 0.865. The second-order valence-corrected chi connectivity index (χ2v) is 4.65. The Labute approximate surface area is 106 Å². The summed E-state index contributed by atoms with van der Waals surface area (Å²) in [4.78, 5) is 10.8. The van der Waals surface area contributed by atoms with Crippen LogP contribution >= 0.6 is 0 Å². The number of ether oxygens (including phenoxy) is 1. The van der Waals surface area contributed by atoms with Gasteiger partial charge < -0.3 is 10.5 Å². The van der Waals surface area contributed by atoms with Crippen molar-refractivity contribution in [1.82, 2.24) is 0 Å². The van der Waals surface area contributed by atoms with Crippen LogP contribution in [0, 0.1) is 0 Å². The van der Waals surface area contributed by atoms with Gasteiger partial charge in [-0.25, -0.2) is 4.79 Å². The Kier molecular flexibility index (Phi) is 2.67. The number of rotatable bonds is 2. The third kappa shape index (κ3) is 1.72. The van der Waals surface area contributed by atoms with Gasteiger partial charge in [0.2, 0.25) is 0 Å². The van der Waals surface area contributed by atoms with Crippen molar-refractivity contribution >= 4 is 11.7 Å². The summed E-state index contributed by atoms with van der Waals surface area (Å²) in [6, 6.07) is 8.31. The van der Waals surface area contributed by atoms with Crippen molar-refractivity contribution < 1.29 is 9.53 Å². The summed E-state index contributed by atoms with van der Waals surface area (Å²) in [5.41, 5.74) is 10.3. The molecule has 2 aliphatic carbocycles. The summed E-state index contributed by atoms with van der Waals surface area (Å²) in [6.07, 6.45) is 5.77. The molecule has 3 rings (SSSR count). The van der Waals surface area contributed by atoms with Crippen molar-refractivity contribution in [3.63, 3.8) is 0 Å². The van der Waals surface area contributed by atoms with Crippen LogP contribution in [-0.2, 0) is 4.74 Å². The van der Waals surface area contributed by atoms with Crippen LogP contribution in [0.3, 0.4) is 0 Å². The van der Waals surface area contributed by atoms with Crippen LogP contribution < -0.4 is 5.73 Å². The van der Waals surface area contributed by atoms with E-state index in [0.29, 0.717) is 6.61 Å². The van der Waals surface area contributed by atoms with Crippen LogP contribution in [0.5, 0.6) is 0 Å². The third-order valence-corrected chi connectivity index (χ3v) is 3.65. The average Bonchev–Trinajstić information content (AvgIpc) is 2.71. The SMILES string of the molecule is NC(=O)OCC1C2=C(C=CCC2)c2ccccc21. The molecule has 92 valence electrons. The Bertz CT molecular complexity index is 557. The van der Waals surface area contributed by atoms with E-state index < -0.39 is 6.09 Å². The van der Waals surface area contributed by atoms with Crippen molar-refractivity contribution in [3.8, 4) is 0 Å². The predicted octanol–water partition coefficient (Wildman–Crippen LogP) is 2.98. The van der Waals surface area contributed by atoms with Gasteiger partial charge in [0.1, 0.15) is 6.61 Å². The molecule has 1 amide bonds. The predicted molar refractivity (Wildman–Crippen MR) is 70.0 cm³/mol. The fourth-order valence-electron chi connectivity index (χ4n) is 2.90. The van der Waals surface area contributed by atoms with E-state index in [1.54, 1.807) is 0 Å². The monoisotopic (exact) mass is 241 g/mol. The molecule has 3 heteroatoms. The number of primary amides is 1. The highest BCUT2D eigenvalue weighted by atomic mass is 16.5. The van der Waals surface area contributed by atoms with E-state index in [4.69, 9.17) is 10.5 Å². The molecule has 0 saturated carbocycles. The first-order valence-electron chi connectivity index (χ1n) is 6.18. The summed E-state index contributed by atoms with van der Waals surface area (Å²) in [5.74, 6) is 0.175. The molecule has 18 heavy (non-hydrogen) atoms. The summed E-state index contributed by atoms with van der Waals surface area (Å²) < 4.78 is 5.01. The fourth-order valence-corrected chi connectivity index (χ4v) is 2.90. The molecule has 0 aromatic heterocycles. The highest BCUT2D eigenvalue weighted by molar-refractivity contribution is 5.85. The lowest BCUT2D eigenvalue weighted by molar-refractivity contribution is 0.152. The number of allylic oxidation sites excluding steroid dienone is 3. The topological polar surface area (TPSA) is 52.3 Å². The van der Waals surface area contributed by atoms with Crippen LogP contribution in [0.2, 0.25) is 0 Å². The van der Waals surface area contributed by atoms with Gasteiger partial charge in [0.15, 0.2) is 0 Å². The van der Waals surface area contributed by atoms with Crippen molar-refractivity contribution in [2.75, 3.05) is 6.61 Å². The van der Waals surface area contributed by atoms with Crippen LogP contribution in [0.4, 0.5) is 4.79 Å². The molecule has 1 unspecified atom stereocenters. The molecule has 0 heterocycles. The standard InChI is InChI=1S/C15H15NO2/c16-15(17)18-9-14-12-7-3-1-5-10(12)11-6-2-4-8-13(11)14/h1-3,5-7,14H,4,8-9H2,(H2,16,17). The zero-order valence-electron chi connectivity index (χ0n) is 10.1. The summed E-state index contributed by atoms with van der Waals surface area (Å²) >= 11 is 0. The van der Waals surface area contributed by atoms with Gasteiger partial charge >= 0.3 is 6.09 Å². The largest absolute Gasteiger partial charge is 0.449 e. The minimum atomic E-state index is -0.701. The van der Waals surface area contributed by atoms with Gasteiger partial charge in [-0.15, -0.1) is 0 Å². The van der Waals surface area contributed by atoms with E-state index >= 15 is 0 Å². The molecule has 0 saturated heterocycles. The van der Waals surface area contributed by atoms with E-state index in [-0.39, 0.29) is 5.92 Å². The Balaban J connectivity index is 1.99. The van der Waals surface area contributed by atoms with Crippen LogP contribution in [0.15, 0.2) is 42.0 Å². The smallest absolute Gasteiger partial charge is 0.404 e. The first kappa shape index (κ1) is 11.1. The molecule has 0 fully saturated rings. The van der Waals surface area contributed by atoms with E-state index in [1.807, 2.05) is 12.1 Å². The number of hydrogen-bond acceptors (Lipinski definition) is 2. The van der Waals surface area contributed by atoms with Crippen molar-refractivity contribution in [1.29, 1.82) is 0 Å². The van der Waals surface area contributed by atoms with Gasteiger partial charge in [-0.3, -0.25) is 0 Å². The van der Waals surface area contributed by atoms with Crippen molar-refractivity contribution in [2.45, 2.75) is 18.8 Å². The Morgan fingerprint density at radius 1 is 1.39 bits per heavy atom. The summed E-state index contributed by atoms with van der Waals surface area (Å²) in [6.45, 7) is 0.346. The maximum atomic E-state index is 10.8. The average molecular weight is 241 g/mol. The molecule has 0 radical (unpaired) electrons. The highest BCUT2D eigenvalue weighted by Gasteiger charge is 2.31. The van der Waals surface area contributed by atoms with Crippen molar-refractivity contribution in [2.24, 2.45) is 5.73 Å². The molecule has 2 N–H and O–H groups in total. The maximum Gasteiger partial charge on any atom is 0.404 e. The minimum absolute atomic E-state index is 0.175. The number of carbonyl (C=O) groups excluding carboxylic acids is 1. The molecule has 1 aromatic carbocycles. The third-order valence-electron chi connectivity index (χ3n) is 3.65. The van der Waals surface area contributed by atoms with Gasteiger partial charge in [0.25, 0.3) is 0 Å². The van der Waals surface area contributed by atoms with Gasteiger partial charge in [0, 0.05) is 5.92 Å². The zero-order chi connectivity index (χ0) is 12.5. The minimum Gasteiger partial charge on any atom is -0.449 e. The fraction of sp³-hybridized carbons (Fsp3) is 0.267. The van der Waals surface area contributed by atoms with Crippen molar-refractivity contribution in [3.05, 3.63) is 53.1 Å². The molecule has 0 spiro atoms. The number of carbonyl (C=O) groups is 1. The van der Waals surface area contributed by atoms with Crippen LogP contribution in [-0.4, -0.2) is 12.7 Å². The molecule has 0 bridgehead atoms. The molecule has 3 nitrogen and oxygen atoms in total. The van der Waals surface area contributed by atoms with E-state index in [0.717, 1.165) is 12.8 Å². The van der Waals surface area contributed by atoms with E-state index in [9.17, 15) is 4.79 Å². The molecular formula is C15H15NO2. The van der Waals surface area contributed by atoms with Gasteiger partial charge in [0.05, 0.1) is 0 Å². The first-order chi connectivity index (χ1) is 8.77. The zero-order valence-corrected chi connectivity index (χ0v) is 10.1. The van der Waals surface area contributed by atoms with E-state index in [2.05, 4.69) is 24.3 Å². The Morgan fingerprint density at radius 3 is 3.06 bits per heavy atom. The molecule has 2 aliphatic rings. The Hall–Kier alpha value is -2.03. The summed E-state index contributed by atoms with van der Waals surface area (Å²) in [7, 11) is 0. The van der Waals surface area contributed by atoms with Crippen LogP contribution in [0.1, 0.15) is 29.9 Å². The molecule has 1 aromatic rings.